The lowest BCUT2D eigenvalue weighted by molar-refractivity contribution is -0.137. The Morgan fingerprint density at radius 3 is 2.39 bits per heavy atom. The normalized spacial score (nSPS) is 11.5. The van der Waals surface area contributed by atoms with Gasteiger partial charge in [-0.3, -0.25) is 4.79 Å². The van der Waals surface area contributed by atoms with Crippen molar-refractivity contribution in [3.63, 3.8) is 0 Å². The number of aryl methyl sites for hydroxylation is 1. The van der Waals surface area contributed by atoms with Gasteiger partial charge in [-0.1, -0.05) is 29.8 Å². The molecule has 5 nitrogen and oxygen atoms in total. The lowest BCUT2D eigenvalue weighted by atomic mass is 10.1. The summed E-state index contributed by atoms with van der Waals surface area (Å²) < 4.78 is 45.8. The first kappa shape index (κ1) is 22.4. The van der Waals surface area contributed by atoms with Gasteiger partial charge >= 0.3 is 6.18 Å². The molecule has 8 heteroatoms. The van der Waals surface area contributed by atoms with Gasteiger partial charge in [-0.05, 0) is 48.9 Å². The van der Waals surface area contributed by atoms with Crippen molar-refractivity contribution in [3.05, 3.63) is 113 Å². The van der Waals surface area contributed by atoms with Gasteiger partial charge in [0, 0.05) is 24.5 Å². The third kappa shape index (κ3) is 5.52. The number of aromatic nitrogens is 2. The lowest BCUT2D eigenvalue weighted by Gasteiger charge is -2.22. The molecule has 0 bridgehead atoms. The van der Waals surface area contributed by atoms with Gasteiger partial charge < -0.3 is 13.9 Å². The van der Waals surface area contributed by atoms with Crippen molar-refractivity contribution in [1.29, 1.82) is 0 Å². The number of amides is 1. The molecule has 1 amide bonds. The van der Waals surface area contributed by atoms with E-state index < -0.39 is 11.7 Å². The highest BCUT2D eigenvalue weighted by Crippen LogP contribution is 2.29. The minimum atomic E-state index is -4.37. The Bertz CT molecular complexity index is 1200. The van der Waals surface area contributed by atoms with Gasteiger partial charge in [0.1, 0.15) is 11.6 Å². The van der Waals surface area contributed by atoms with Crippen LogP contribution >= 0.6 is 0 Å². The van der Waals surface area contributed by atoms with Crippen molar-refractivity contribution >= 4 is 5.91 Å². The molecule has 2 aromatic carbocycles. The molecule has 0 fully saturated rings. The Morgan fingerprint density at radius 1 is 1.03 bits per heavy atom. The van der Waals surface area contributed by atoms with Gasteiger partial charge in [0.25, 0.3) is 5.91 Å². The molecular weight excluding hydrogens is 431 g/mol. The van der Waals surface area contributed by atoms with Crippen LogP contribution in [0, 0.1) is 6.92 Å². The van der Waals surface area contributed by atoms with Crippen LogP contribution in [0.4, 0.5) is 13.2 Å². The van der Waals surface area contributed by atoms with Crippen LogP contribution in [0.2, 0.25) is 0 Å². The quantitative estimate of drug-likeness (QED) is 0.361. The number of carbonyl (C=O) groups excluding carboxylic acids is 1. The van der Waals surface area contributed by atoms with Gasteiger partial charge in [0.15, 0.2) is 0 Å². The number of hydrogen-bond donors (Lipinski definition) is 0. The molecule has 0 aliphatic carbocycles. The standard InChI is InChI=1S/C25H22F3N3O2/c1-18-4-8-20(9-5-18)24(32)31(16-22-3-2-14-33-22)17-23-29-12-13-30(23)15-19-6-10-21(11-7-19)25(26,27)28/h2-14H,15-17H2,1H3. The maximum absolute atomic E-state index is 13.3. The number of benzene rings is 2. The predicted molar refractivity (Wildman–Crippen MR) is 116 cm³/mol. The van der Waals surface area contributed by atoms with Crippen LogP contribution in [0.15, 0.2) is 83.7 Å². The molecule has 0 radical (unpaired) electrons. The molecule has 0 unspecified atom stereocenters. The summed E-state index contributed by atoms with van der Waals surface area (Å²) >= 11 is 0. The van der Waals surface area contributed by atoms with E-state index in [-0.39, 0.29) is 19.0 Å². The Labute approximate surface area is 189 Å². The van der Waals surface area contributed by atoms with E-state index in [0.717, 1.165) is 17.7 Å². The molecule has 2 aromatic heterocycles. The Morgan fingerprint density at radius 2 is 1.76 bits per heavy atom. The smallest absolute Gasteiger partial charge is 0.416 e. The lowest BCUT2D eigenvalue weighted by Crippen LogP contribution is -2.31. The molecule has 33 heavy (non-hydrogen) atoms. The van der Waals surface area contributed by atoms with Crippen LogP contribution < -0.4 is 0 Å². The molecule has 0 N–H and O–H groups in total. The fourth-order valence-electron chi connectivity index (χ4n) is 3.47. The summed E-state index contributed by atoms with van der Waals surface area (Å²) in [5, 5.41) is 0. The van der Waals surface area contributed by atoms with E-state index in [0.29, 0.717) is 29.3 Å². The molecule has 0 aliphatic heterocycles. The number of imidazole rings is 1. The molecule has 4 aromatic rings. The van der Waals surface area contributed by atoms with Gasteiger partial charge in [-0.15, -0.1) is 0 Å². The summed E-state index contributed by atoms with van der Waals surface area (Å²) in [6.07, 6.45) is 0.534. The van der Waals surface area contributed by atoms with E-state index in [9.17, 15) is 18.0 Å². The number of nitrogens with zero attached hydrogens (tertiary/aromatic N) is 3. The first-order valence-electron chi connectivity index (χ1n) is 10.3. The molecule has 0 atom stereocenters. The van der Waals surface area contributed by atoms with E-state index in [1.54, 1.807) is 47.8 Å². The number of alkyl halides is 3. The zero-order chi connectivity index (χ0) is 23.4. The summed E-state index contributed by atoms with van der Waals surface area (Å²) in [5.41, 5.74) is 1.61. The highest BCUT2D eigenvalue weighted by molar-refractivity contribution is 5.94. The first-order valence-corrected chi connectivity index (χ1v) is 10.3. The highest BCUT2D eigenvalue weighted by atomic mass is 19.4. The molecule has 0 saturated carbocycles. The van der Waals surface area contributed by atoms with Crippen LogP contribution in [-0.2, 0) is 25.8 Å². The van der Waals surface area contributed by atoms with Crippen molar-refractivity contribution in [2.75, 3.05) is 0 Å². The average molecular weight is 453 g/mol. The van der Waals surface area contributed by atoms with Crippen molar-refractivity contribution < 1.29 is 22.4 Å². The Kier molecular flexibility index (Phi) is 6.35. The second-order valence-corrected chi connectivity index (χ2v) is 7.77. The van der Waals surface area contributed by atoms with Gasteiger partial charge in [-0.2, -0.15) is 13.2 Å². The molecule has 0 spiro atoms. The third-order valence-electron chi connectivity index (χ3n) is 5.28. The van der Waals surface area contributed by atoms with Crippen LogP contribution in [0.1, 0.15) is 38.6 Å². The number of hydrogen-bond acceptors (Lipinski definition) is 3. The molecule has 4 rings (SSSR count). The number of carbonyl (C=O) groups is 1. The maximum atomic E-state index is 13.3. The SMILES string of the molecule is Cc1ccc(C(=O)N(Cc2ccco2)Cc2nccn2Cc2ccc(C(F)(F)F)cc2)cc1. The summed E-state index contributed by atoms with van der Waals surface area (Å²) in [5.74, 6) is 1.08. The summed E-state index contributed by atoms with van der Waals surface area (Å²) in [4.78, 5) is 19.3. The van der Waals surface area contributed by atoms with Gasteiger partial charge in [-0.25, -0.2) is 4.98 Å². The monoisotopic (exact) mass is 453 g/mol. The number of rotatable bonds is 7. The van der Waals surface area contributed by atoms with E-state index >= 15 is 0 Å². The van der Waals surface area contributed by atoms with Crippen LogP contribution in [-0.4, -0.2) is 20.4 Å². The predicted octanol–water partition coefficient (Wildman–Crippen LogP) is 5.69. The molecule has 170 valence electrons. The molecule has 0 aliphatic rings. The number of furan rings is 1. The highest BCUT2D eigenvalue weighted by Gasteiger charge is 2.30. The second kappa shape index (κ2) is 9.36. The summed E-state index contributed by atoms with van der Waals surface area (Å²) in [6.45, 7) is 2.75. The first-order chi connectivity index (χ1) is 15.8. The van der Waals surface area contributed by atoms with Crippen molar-refractivity contribution in [1.82, 2.24) is 14.5 Å². The molecule has 0 saturated heterocycles. The van der Waals surface area contributed by atoms with E-state index in [1.165, 1.54) is 12.1 Å². The second-order valence-electron chi connectivity index (χ2n) is 7.77. The minimum Gasteiger partial charge on any atom is -0.467 e. The van der Waals surface area contributed by atoms with E-state index in [1.807, 2.05) is 23.6 Å². The topological polar surface area (TPSA) is 51.3 Å². The fraction of sp³-hybridized carbons (Fsp3) is 0.200. The zero-order valence-corrected chi connectivity index (χ0v) is 17.9. The average Bonchev–Trinajstić information content (AvgIpc) is 3.45. The zero-order valence-electron chi connectivity index (χ0n) is 17.9. The minimum absolute atomic E-state index is 0.171. The Balaban J connectivity index is 1.55. The van der Waals surface area contributed by atoms with Crippen LogP contribution in [0.25, 0.3) is 0 Å². The Hall–Kier alpha value is -3.81. The largest absolute Gasteiger partial charge is 0.467 e. The van der Waals surface area contributed by atoms with Gasteiger partial charge in [0.2, 0.25) is 0 Å². The maximum Gasteiger partial charge on any atom is 0.416 e. The van der Waals surface area contributed by atoms with Crippen molar-refractivity contribution in [2.24, 2.45) is 0 Å². The summed E-state index contributed by atoms with van der Waals surface area (Å²) in [6, 6.07) is 15.9. The van der Waals surface area contributed by atoms with Crippen molar-refractivity contribution in [2.45, 2.75) is 32.7 Å². The van der Waals surface area contributed by atoms with Crippen LogP contribution in [0.3, 0.4) is 0 Å². The van der Waals surface area contributed by atoms with E-state index in [4.69, 9.17) is 4.42 Å². The molecule has 2 heterocycles. The van der Waals surface area contributed by atoms with E-state index in [2.05, 4.69) is 4.98 Å². The fourth-order valence-corrected chi connectivity index (χ4v) is 3.47. The summed E-state index contributed by atoms with van der Waals surface area (Å²) in [7, 11) is 0. The van der Waals surface area contributed by atoms with Crippen molar-refractivity contribution in [3.8, 4) is 0 Å². The van der Waals surface area contributed by atoms with Gasteiger partial charge in [0.05, 0.1) is 24.9 Å². The molecular formula is C25H22F3N3O2. The number of halogens is 3. The van der Waals surface area contributed by atoms with Crippen LogP contribution in [0.5, 0.6) is 0 Å². The third-order valence-corrected chi connectivity index (χ3v) is 5.28.